The van der Waals surface area contributed by atoms with Crippen molar-refractivity contribution in [1.29, 1.82) is 0 Å². The number of aryl methyl sites for hydroxylation is 1. The van der Waals surface area contributed by atoms with Crippen LogP contribution in [0.3, 0.4) is 0 Å². The van der Waals surface area contributed by atoms with E-state index in [1.807, 2.05) is 42.5 Å². The number of likely N-dealkylation sites (N-methyl/N-ethyl adjacent to an activating group) is 1. The van der Waals surface area contributed by atoms with Crippen LogP contribution < -0.4 is 5.32 Å². The van der Waals surface area contributed by atoms with E-state index in [-0.39, 0.29) is 0 Å². The molecule has 0 saturated carbocycles. The molecule has 0 saturated heterocycles. The summed E-state index contributed by atoms with van der Waals surface area (Å²) in [4.78, 5) is 16.4. The Morgan fingerprint density at radius 1 is 0.935 bits per heavy atom. The highest BCUT2D eigenvalue weighted by atomic mass is 16.4. The van der Waals surface area contributed by atoms with Crippen LogP contribution in [0.25, 0.3) is 33.2 Å². The predicted octanol–water partition coefficient (Wildman–Crippen LogP) is 5.87. The van der Waals surface area contributed by atoms with Crippen molar-refractivity contribution < 1.29 is 9.90 Å². The summed E-state index contributed by atoms with van der Waals surface area (Å²) in [7, 11) is 1.64. The Labute approximate surface area is 182 Å². The molecule has 0 amide bonds. The molecule has 0 spiro atoms. The van der Waals surface area contributed by atoms with Gasteiger partial charge in [-0.25, -0.2) is 0 Å². The molecule has 1 heterocycles. The van der Waals surface area contributed by atoms with Gasteiger partial charge in [-0.05, 0) is 59.5 Å². The van der Waals surface area contributed by atoms with E-state index in [1.54, 1.807) is 7.05 Å². The molecule has 4 rings (SSSR count). The Kier molecular flexibility index (Phi) is 6.10. The molecule has 0 fully saturated rings. The fraction of sp³-hybridized carbons (Fsp3) is 0.185. The zero-order valence-corrected chi connectivity index (χ0v) is 17.8. The van der Waals surface area contributed by atoms with E-state index in [1.165, 1.54) is 11.1 Å². The largest absolute Gasteiger partial charge is 0.480 e. The van der Waals surface area contributed by atoms with Crippen molar-refractivity contribution in [3.05, 3.63) is 90.1 Å². The third-order valence-electron chi connectivity index (χ3n) is 5.54. The van der Waals surface area contributed by atoms with Crippen LogP contribution in [-0.4, -0.2) is 23.1 Å². The lowest BCUT2D eigenvalue weighted by atomic mass is 9.94. The van der Waals surface area contributed by atoms with Gasteiger partial charge in [-0.1, -0.05) is 74.0 Å². The van der Waals surface area contributed by atoms with Gasteiger partial charge in [0.05, 0.1) is 11.2 Å². The molecule has 4 nitrogen and oxygen atoms in total. The smallest absolute Gasteiger partial charge is 0.326 e. The summed E-state index contributed by atoms with van der Waals surface area (Å²) >= 11 is 0. The quantitative estimate of drug-likeness (QED) is 0.400. The molecule has 2 N–H and O–H groups in total. The summed E-state index contributed by atoms with van der Waals surface area (Å²) in [6, 6.07) is 25.9. The second kappa shape index (κ2) is 9.11. The normalized spacial score (nSPS) is 12.1. The number of benzene rings is 3. The highest BCUT2D eigenvalue weighted by molar-refractivity contribution is 5.97. The van der Waals surface area contributed by atoms with Crippen LogP contribution in [0.15, 0.2) is 78.9 Å². The average Bonchev–Trinajstić information content (AvgIpc) is 2.79. The van der Waals surface area contributed by atoms with Crippen LogP contribution in [0.4, 0.5) is 0 Å². The maximum atomic E-state index is 11.7. The van der Waals surface area contributed by atoms with Crippen molar-refractivity contribution >= 4 is 16.9 Å². The van der Waals surface area contributed by atoms with E-state index < -0.39 is 12.0 Å². The van der Waals surface area contributed by atoms with Crippen LogP contribution in [0.5, 0.6) is 0 Å². The van der Waals surface area contributed by atoms with Crippen molar-refractivity contribution in [2.45, 2.75) is 25.8 Å². The van der Waals surface area contributed by atoms with Gasteiger partial charge in [-0.3, -0.25) is 9.78 Å². The first-order valence-electron chi connectivity index (χ1n) is 10.6. The molecule has 0 aliphatic carbocycles. The minimum absolute atomic E-state index is 0.499. The Hall–Kier alpha value is -3.50. The first-order valence-corrected chi connectivity index (χ1v) is 10.6. The lowest BCUT2D eigenvalue weighted by molar-refractivity contribution is -0.139. The van der Waals surface area contributed by atoms with E-state index in [0.29, 0.717) is 5.69 Å². The SMILES string of the molecule is CCCc1cccc(-c2ccc3nc(C(NC)C(=O)O)cc(-c4ccccc4)c3c2)c1. The summed E-state index contributed by atoms with van der Waals surface area (Å²) in [5, 5.41) is 13.5. The number of nitrogens with one attached hydrogen (secondary N) is 1. The molecule has 1 atom stereocenters. The number of fused-ring (bicyclic) bond motifs is 1. The fourth-order valence-corrected chi connectivity index (χ4v) is 4.02. The number of carboxylic acid groups (broad SMARTS) is 1. The van der Waals surface area contributed by atoms with Gasteiger partial charge in [0.2, 0.25) is 0 Å². The van der Waals surface area contributed by atoms with Gasteiger partial charge in [-0.2, -0.15) is 0 Å². The van der Waals surface area contributed by atoms with E-state index in [4.69, 9.17) is 4.98 Å². The predicted molar refractivity (Wildman–Crippen MR) is 126 cm³/mol. The van der Waals surface area contributed by atoms with Gasteiger partial charge in [0, 0.05) is 5.39 Å². The van der Waals surface area contributed by atoms with Crippen LogP contribution in [0.1, 0.15) is 30.6 Å². The van der Waals surface area contributed by atoms with Crippen molar-refractivity contribution in [1.82, 2.24) is 10.3 Å². The van der Waals surface area contributed by atoms with Gasteiger partial charge in [0.25, 0.3) is 0 Å². The number of hydrogen-bond donors (Lipinski definition) is 2. The van der Waals surface area contributed by atoms with Crippen molar-refractivity contribution in [2.75, 3.05) is 7.05 Å². The lowest BCUT2D eigenvalue weighted by Crippen LogP contribution is -2.26. The lowest BCUT2D eigenvalue weighted by Gasteiger charge is -2.16. The number of aromatic nitrogens is 1. The molecule has 4 heteroatoms. The van der Waals surface area contributed by atoms with Crippen LogP contribution in [0, 0.1) is 0 Å². The Balaban J connectivity index is 1.92. The van der Waals surface area contributed by atoms with Gasteiger partial charge < -0.3 is 10.4 Å². The molecular weight excluding hydrogens is 384 g/mol. The Bertz CT molecular complexity index is 1220. The van der Waals surface area contributed by atoms with Crippen molar-refractivity contribution in [3.8, 4) is 22.3 Å². The molecule has 0 radical (unpaired) electrons. The number of hydrogen-bond acceptors (Lipinski definition) is 3. The Morgan fingerprint density at radius 3 is 2.39 bits per heavy atom. The van der Waals surface area contributed by atoms with Crippen molar-refractivity contribution in [3.63, 3.8) is 0 Å². The van der Waals surface area contributed by atoms with Crippen LogP contribution in [0.2, 0.25) is 0 Å². The molecule has 0 aliphatic heterocycles. The number of rotatable bonds is 7. The second-order valence-corrected chi connectivity index (χ2v) is 7.70. The summed E-state index contributed by atoms with van der Waals surface area (Å²) in [6.07, 6.45) is 2.17. The molecule has 156 valence electrons. The number of nitrogens with zero attached hydrogens (tertiary/aromatic N) is 1. The van der Waals surface area contributed by atoms with Crippen LogP contribution >= 0.6 is 0 Å². The number of carbonyl (C=O) groups is 1. The van der Waals surface area contributed by atoms with Gasteiger partial charge >= 0.3 is 5.97 Å². The minimum atomic E-state index is -0.947. The summed E-state index contributed by atoms with van der Waals surface area (Å²) in [6.45, 7) is 2.19. The van der Waals surface area contributed by atoms with Gasteiger partial charge in [0.15, 0.2) is 0 Å². The first kappa shape index (κ1) is 20.8. The molecule has 4 aromatic rings. The highest BCUT2D eigenvalue weighted by Crippen LogP contribution is 2.33. The third kappa shape index (κ3) is 4.35. The summed E-state index contributed by atoms with van der Waals surface area (Å²) < 4.78 is 0. The van der Waals surface area contributed by atoms with E-state index >= 15 is 0 Å². The van der Waals surface area contributed by atoms with E-state index in [2.05, 4.69) is 48.6 Å². The Morgan fingerprint density at radius 2 is 1.68 bits per heavy atom. The maximum absolute atomic E-state index is 11.7. The second-order valence-electron chi connectivity index (χ2n) is 7.70. The van der Waals surface area contributed by atoms with Gasteiger partial charge in [-0.15, -0.1) is 0 Å². The monoisotopic (exact) mass is 410 g/mol. The molecule has 1 aromatic heterocycles. The first-order chi connectivity index (χ1) is 15.1. The third-order valence-corrected chi connectivity index (χ3v) is 5.54. The molecule has 1 unspecified atom stereocenters. The average molecular weight is 411 g/mol. The van der Waals surface area contributed by atoms with Crippen molar-refractivity contribution in [2.24, 2.45) is 0 Å². The van der Waals surface area contributed by atoms with Gasteiger partial charge in [0.1, 0.15) is 6.04 Å². The number of carboxylic acids is 1. The molecule has 0 aliphatic rings. The fourth-order valence-electron chi connectivity index (χ4n) is 4.02. The summed E-state index contributed by atoms with van der Waals surface area (Å²) in [5.41, 5.74) is 6.93. The summed E-state index contributed by atoms with van der Waals surface area (Å²) in [5.74, 6) is -0.947. The molecule has 31 heavy (non-hydrogen) atoms. The van der Waals surface area contributed by atoms with Crippen LogP contribution in [-0.2, 0) is 11.2 Å². The number of aliphatic carboxylic acids is 1. The molecule has 0 bridgehead atoms. The zero-order chi connectivity index (χ0) is 21.8. The maximum Gasteiger partial charge on any atom is 0.326 e. The minimum Gasteiger partial charge on any atom is -0.480 e. The topological polar surface area (TPSA) is 62.2 Å². The van der Waals surface area contributed by atoms with E-state index in [9.17, 15) is 9.90 Å². The van der Waals surface area contributed by atoms with E-state index in [0.717, 1.165) is 40.4 Å². The molecule has 3 aromatic carbocycles. The molecular formula is C27H26N2O2. The zero-order valence-electron chi connectivity index (χ0n) is 17.8. The standard InChI is InChI=1S/C27H26N2O2/c1-3-8-18-9-7-12-20(15-18)21-13-14-24-23(16-21)22(19-10-5-4-6-11-19)17-25(29-24)26(28-2)27(30)31/h4-7,9-17,26,28H,3,8H2,1-2H3,(H,30,31). The number of pyridine rings is 1. The highest BCUT2D eigenvalue weighted by Gasteiger charge is 2.21.